The van der Waals surface area contributed by atoms with Gasteiger partial charge in [0.2, 0.25) is 5.12 Å². The summed E-state index contributed by atoms with van der Waals surface area (Å²) < 4.78 is 4.95. The molecule has 0 N–H and O–H groups in total. The van der Waals surface area contributed by atoms with Crippen molar-refractivity contribution in [3.05, 3.63) is 29.6 Å². The van der Waals surface area contributed by atoms with E-state index in [1.54, 1.807) is 13.0 Å². The molecule has 0 aliphatic heterocycles. The predicted molar refractivity (Wildman–Crippen MR) is 78.6 cm³/mol. The van der Waals surface area contributed by atoms with E-state index >= 15 is 0 Å². The summed E-state index contributed by atoms with van der Waals surface area (Å²) >= 11 is 5.55. The van der Waals surface area contributed by atoms with Crippen molar-refractivity contribution in [3.63, 3.8) is 0 Å². The number of thioether (sulfide) groups is 1. The molecule has 0 fully saturated rings. The molecule has 1 aromatic rings. The summed E-state index contributed by atoms with van der Waals surface area (Å²) in [7, 11) is 0. The van der Waals surface area contributed by atoms with E-state index in [9.17, 15) is 14.4 Å². The molecule has 0 aliphatic rings. The van der Waals surface area contributed by atoms with Crippen molar-refractivity contribution in [1.29, 1.82) is 0 Å². The summed E-state index contributed by atoms with van der Waals surface area (Å²) in [5, 5.41) is -0.828. The Hall–Kier alpha value is -1.47. The van der Waals surface area contributed by atoms with Crippen molar-refractivity contribution < 1.29 is 19.1 Å². The van der Waals surface area contributed by atoms with E-state index < -0.39 is 5.12 Å². The van der Waals surface area contributed by atoms with Gasteiger partial charge in [0.15, 0.2) is 0 Å². The molecule has 0 aromatic carbocycles. The van der Waals surface area contributed by atoms with Crippen LogP contribution in [0.25, 0.3) is 0 Å². The van der Waals surface area contributed by atoms with Crippen LogP contribution in [0.4, 0.5) is 0 Å². The number of rotatable bonds is 6. The van der Waals surface area contributed by atoms with Gasteiger partial charge in [0, 0.05) is 12.7 Å². The number of hydrogen-bond acceptors (Lipinski definition) is 7. The first kappa shape index (κ1) is 16.6. The second-order valence-corrected chi connectivity index (χ2v) is 5.48. The minimum atomic E-state index is -0.590. The number of aromatic nitrogens is 1. The van der Waals surface area contributed by atoms with E-state index in [0.29, 0.717) is 12.2 Å². The lowest BCUT2D eigenvalue weighted by atomic mass is 10.3. The van der Waals surface area contributed by atoms with Gasteiger partial charge in [-0.3, -0.25) is 9.59 Å². The summed E-state index contributed by atoms with van der Waals surface area (Å²) in [5.74, 6) is 0.160. The molecule has 1 aromatic heterocycles. The zero-order valence-corrected chi connectivity index (χ0v) is 12.8. The molecule has 20 heavy (non-hydrogen) atoms. The van der Waals surface area contributed by atoms with E-state index in [4.69, 9.17) is 4.74 Å². The van der Waals surface area contributed by atoms with Gasteiger partial charge in [-0.1, -0.05) is 17.8 Å². The molecule has 1 unspecified atom stereocenters. The third kappa shape index (κ3) is 5.66. The fourth-order valence-electron chi connectivity index (χ4n) is 1.40. The van der Waals surface area contributed by atoms with Crippen LogP contribution in [0.1, 0.15) is 41.2 Å². The Kier molecular flexibility index (Phi) is 6.60. The van der Waals surface area contributed by atoms with Crippen LogP contribution >= 0.6 is 11.8 Å². The van der Waals surface area contributed by atoms with Gasteiger partial charge in [-0.15, -0.1) is 0 Å². The van der Waals surface area contributed by atoms with Crippen LogP contribution < -0.4 is 0 Å². The average Bonchev–Trinajstić information content (AvgIpc) is 2.37. The Morgan fingerprint density at radius 2 is 2.00 bits per heavy atom. The number of carbonyl (C=O) groups excluding carboxylic acids is 3. The highest BCUT2D eigenvalue weighted by molar-refractivity contribution is 8.14. The highest BCUT2D eigenvalue weighted by Gasteiger charge is 2.11. The number of hydrogen-bond donors (Lipinski definition) is 0. The van der Waals surface area contributed by atoms with Crippen molar-refractivity contribution in [2.75, 3.05) is 5.75 Å². The standard InChI is InChI=1S/C13H15NO4S2/c1-8(18-9(2)15)6-7-20-13(17)11-5-3-4-10(14-11)12(16)19/h3-5,8H,6-7H2,1-2H3,(H,16,19)/p-1. The zero-order valence-electron chi connectivity index (χ0n) is 11.1. The first-order valence-electron chi connectivity index (χ1n) is 5.93. The van der Waals surface area contributed by atoms with E-state index in [1.807, 2.05) is 0 Å². The van der Waals surface area contributed by atoms with Gasteiger partial charge in [0.05, 0.1) is 16.9 Å². The zero-order chi connectivity index (χ0) is 15.1. The van der Waals surface area contributed by atoms with Crippen molar-refractivity contribution >= 4 is 40.6 Å². The molecular weight excluding hydrogens is 298 g/mol. The van der Waals surface area contributed by atoms with Gasteiger partial charge < -0.3 is 22.2 Å². The summed E-state index contributed by atoms with van der Waals surface area (Å²) in [5.41, 5.74) is 0.297. The second kappa shape index (κ2) is 7.96. The van der Waals surface area contributed by atoms with E-state index in [2.05, 4.69) is 17.6 Å². The molecule has 5 nitrogen and oxygen atoms in total. The lowest BCUT2D eigenvalue weighted by Gasteiger charge is -2.10. The fourth-order valence-corrected chi connectivity index (χ4v) is 2.41. The highest BCUT2D eigenvalue weighted by Crippen LogP contribution is 2.14. The van der Waals surface area contributed by atoms with Crippen LogP contribution in [0.5, 0.6) is 0 Å². The summed E-state index contributed by atoms with van der Waals surface area (Å²) in [6.07, 6.45) is 0.330. The Morgan fingerprint density at radius 3 is 2.60 bits per heavy atom. The minimum Gasteiger partial charge on any atom is -0.735 e. The quantitative estimate of drug-likeness (QED) is 0.587. The monoisotopic (exact) mass is 312 g/mol. The molecule has 1 atom stereocenters. The van der Waals surface area contributed by atoms with Gasteiger partial charge in [-0.25, -0.2) is 4.98 Å². The summed E-state index contributed by atoms with van der Waals surface area (Å²) in [6, 6.07) is 4.58. The summed E-state index contributed by atoms with van der Waals surface area (Å²) in [6.45, 7) is 3.11. The van der Waals surface area contributed by atoms with Crippen molar-refractivity contribution in [2.24, 2.45) is 0 Å². The van der Waals surface area contributed by atoms with E-state index in [0.717, 1.165) is 11.8 Å². The number of nitrogens with zero attached hydrogens (tertiary/aromatic N) is 1. The van der Waals surface area contributed by atoms with Gasteiger partial charge >= 0.3 is 5.97 Å². The maximum atomic E-state index is 11.9. The van der Waals surface area contributed by atoms with Crippen molar-refractivity contribution in [3.8, 4) is 0 Å². The Morgan fingerprint density at radius 1 is 1.35 bits per heavy atom. The maximum absolute atomic E-state index is 11.9. The molecule has 1 rings (SSSR count). The van der Waals surface area contributed by atoms with Gasteiger partial charge in [0.25, 0.3) is 0 Å². The number of pyridine rings is 1. The first-order chi connectivity index (χ1) is 9.40. The number of esters is 1. The topological polar surface area (TPSA) is 73.3 Å². The molecule has 0 amide bonds. The first-order valence-corrected chi connectivity index (χ1v) is 7.32. The molecule has 0 spiro atoms. The SMILES string of the molecule is CC(=O)OC(C)CCSC(=O)c1cccc(C(=O)[S-])n1. The van der Waals surface area contributed by atoms with Crippen LogP contribution in [0.3, 0.4) is 0 Å². The smallest absolute Gasteiger partial charge is 0.302 e. The van der Waals surface area contributed by atoms with Gasteiger partial charge in [-0.2, -0.15) is 0 Å². The lowest BCUT2D eigenvalue weighted by Crippen LogP contribution is -2.13. The molecule has 0 saturated carbocycles. The van der Waals surface area contributed by atoms with Crippen LogP contribution in [0.15, 0.2) is 18.2 Å². The molecule has 0 aliphatic carbocycles. The largest absolute Gasteiger partial charge is 0.735 e. The molecule has 108 valence electrons. The van der Waals surface area contributed by atoms with Gasteiger partial charge in [-0.05, 0) is 25.5 Å². The van der Waals surface area contributed by atoms with E-state index in [-0.39, 0.29) is 28.6 Å². The molecule has 0 saturated heterocycles. The van der Waals surface area contributed by atoms with Crippen LogP contribution in [-0.4, -0.2) is 33.0 Å². The van der Waals surface area contributed by atoms with Gasteiger partial charge in [0.1, 0.15) is 5.69 Å². The van der Waals surface area contributed by atoms with Crippen molar-refractivity contribution in [2.45, 2.75) is 26.4 Å². The third-order valence-corrected chi connectivity index (χ3v) is 3.41. The summed E-state index contributed by atoms with van der Waals surface area (Å²) in [4.78, 5) is 37.5. The highest BCUT2D eigenvalue weighted by atomic mass is 32.2. The number of carbonyl (C=O) groups is 3. The van der Waals surface area contributed by atoms with E-state index in [1.165, 1.54) is 19.1 Å². The lowest BCUT2D eigenvalue weighted by molar-refractivity contribution is -0.145. The second-order valence-electron chi connectivity index (χ2n) is 4.04. The molecule has 0 bridgehead atoms. The average molecular weight is 312 g/mol. The molecular formula is C13H14NO4S2-. The molecule has 7 heteroatoms. The van der Waals surface area contributed by atoms with Crippen LogP contribution in [0.2, 0.25) is 0 Å². The van der Waals surface area contributed by atoms with Crippen LogP contribution in [-0.2, 0) is 22.2 Å². The minimum absolute atomic E-state index is 0.0970. The normalized spacial score (nSPS) is 11.7. The maximum Gasteiger partial charge on any atom is 0.302 e. The molecule has 1 heterocycles. The van der Waals surface area contributed by atoms with Crippen LogP contribution in [0, 0.1) is 0 Å². The molecule has 0 radical (unpaired) electrons. The Labute approximate surface area is 126 Å². The fraction of sp³-hybridized carbons (Fsp3) is 0.385. The third-order valence-electron chi connectivity index (χ3n) is 2.29. The Balaban J connectivity index is 2.49. The van der Waals surface area contributed by atoms with Crippen molar-refractivity contribution in [1.82, 2.24) is 4.98 Å². The number of ether oxygens (including phenoxy) is 1. The Bertz CT molecular complexity index is 519. The predicted octanol–water partition coefficient (Wildman–Crippen LogP) is 1.98.